The molecule has 2 aromatic rings. The minimum absolute atomic E-state index is 0. The highest BCUT2D eigenvalue weighted by molar-refractivity contribution is 9.10. The van der Waals surface area contributed by atoms with Crippen molar-refractivity contribution in [3.8, 4) is 5.75 Å². The molecule has 3 nitrogen and oxygen atoms in total. The second-order valence-corrected chi connectivity index (χ2v) is 6.86. The number of nitrogens with zero attached hydrogens (tertiary/aromatic N) is 1. The lowest BCUT2D eigenvalue weighted by Crippen LogP contribution is -2.45. The van der Waals surface area contributed by atoms with Crippen molar-refractivity contribution in [2.75, 3.05) is 26.2 Å². The van der Waals surface area contributed by atoms with Crippen molar-refractivity contribution in [2.24, 2.45) is 0 Å². The quantitative estimate of drug-likeness (QED) is 0.746. The van der Waals surface area contributed by atoms with Gasteiger partial charge in [0.1, 0.15) is 11.6 Å². The number of aromatic hydroxyl groups is 1. The number of nitrogens with one attached hydrogen (secondary N) is 1. The average Bonchev–Trinajstić information content (AvgIpc) is 2.99. The number of phenolic OH excluding ortho intramolecular Hbond substituents is 1. The van der Waals surface area contributed by atoms with Gasteiger partial charge < -0.3 is 10.4 Å². The van der Waals surface area contributed by atoms with Gasteiger partial charge in [-0.05, 0) is 39.5 Å². The summed E-state index contributed by atoms with van der Waals surface area (Å²) in [4.78, 5) is 3.40. The molecule has 8 heteroatoms. The topological polar surface area (TPSA) is 35.5 Å². The predicted molar refractivity (Wildman–Crippen MR) is 101 cm³/mol. The molecule has 1 aromatic heterocycles. The fraction of sp³-hybridized carbons (Fsp3) is 0.333. The zero-order valence-electron chi connectivity index (χ0n) is 12.2. The fourth-order valence-corrected chi connectivity index (χ4v) is 4.04. The summed E-state index contributed by atoms with van der Waals surface area (Å²) in [5.74, 6) is -0.223. The Morgan fingerprint density at radius 3 is 2.57 bits per heavy atom. The van der Waals surface area contributed by atoms with Crippen molar-refractivity contribution < 1.29 is 9.50 Å². The first-order valence-corrected chi connectivity index (χ1v) is 8.50. The Bertz CT molecular complexity index is 624. The van der Waals surface area contributed by atoms with Crippen LogP contribution < -0.4 is 5.32 Å². The lowest BCUT2D eigenvalue weighted by Gasteiger charge is -2.35. The molecule has 1 atom stereocenters. The summed E-state index contributed by atoms with van der Waals surface area (Å²) >= 11 is 4.86. The van der Waals surface area contributed by atoms with Gasteiger partial charge in [0.05, 0.1) is 10.5 Å². The molecule has 1 saturated heterocycles. The van der Waals surface area contributed by atoms with E-state index >= 15 is 0 Å². The molecule has 1 aliphatic rings. The first-order valence-electron chi connectivity index (χ1n) is 6.83. The highest BCUT2D eigenvalue weighted by atomic mass is 79.9. The van der Waals surface area contributed by atoms with Gasteiger partial charge in [-0.3, -0.25) is 4.90 Å². The van der Waals surface area contributed by atoms with Gasteiger partial charge in [-0.15, -0.1) is 36.2 Å². The van der Waals surface area contributed by atoms with E-state index in [2.05, 4.69) is 26.1 Å². The Morgan fingerprint density at radius 1 is 1.26 bits per heavy atom. The summed E-state index contributed by atoms with van der Waals surface area (Å²) in [7, 11) is 0. The molecule has 23 heavy (non-hydrogen) atoms. The van der Waals surface area contributed by atoms with Gasteiger partial charge in [-0.25, -0.2) is 4.39 Å². The third-order valence-corrected chi connectivity index (χ3v) is 5.21. The predicted octanol–water partition coefficient (Wildman–Crippen LogP) is 4.19. The summed E-state index contributed by atoms with van der Waals surface area (Å²) in [5, 5.41) is 15.7. The highest BCUT2D eigenvalue weighted by Gasteiger charge is 2.28. The van der Waals surface area contributed by atoms with Gasteiger partial charge >= 0.3 is 0 Å². The molecule has 128 valence electrons. The number of piperazine rings is 1. The summed E-state index contributed by atoms with van der Waals surface area (Å²) in [5.41, 5.74) is 0.617. The Hall–Kier alpha value is -0.370. The standard InChI is InChI=1S/C15H16BrFN2OS.2ClH/c16-12-9-10(17)8-11(15(12)20)14(13-2-1-7-21-13)19-5-3-18-4-6-19;;/h1-2,7-9,14,18,20H,3-6H2;2*1H/t14-;;/m0../s1. The van der Waals surface area contributed by atoms with Crippen molar-refractivity contribution in [1.29, 1.82) is 0 Å². The van der Waals surface area contributed by atoms with Crippen LogP contribution in [0.5, 0.6) is 5.75 Å². The van der Waals surface area contributed by atoms with E-state index in [0.717, 1.165) is 31.1 Å². The van der Waals surface area contributed by atoms with Crippen LogP contribution in [0.3, 0.4) is 0 Å². The Kier molecular flexibility index (Phi) is 8.27. The van der Waals surface area contributed by atoms with Crippen LogP contribution in [0.4, 0.5) is 4.39 Å². The van der Waals surface area contributed by atoms with E-state index in [4.69, 9.17) is 0 Å². The van der Waals surface area contributed by atoms with E-state index in [1.807, 2.05) is 17.5 Å². The summed E-state index contributed by atoms with van der Waals surface area (Å²) < 4.78 is 14.2. The molecule has 1 aliphatic heterocycles. The van der Waals surface area contributed by atoms with Crippen molar-refractivity contribution in [3.63, 3.8) is 0 Å². The largest absolute Gasteiger partial charge is 0.506 e. The number of hydrogen-bond acceptors (Lipinski definition) is 4. The van der Waals surface area contributed by atoms with Crippen LogP contribution in [0, 0.1) is 5.82 Å². The average molecular weight is 444 g/mol. The smallest absolute Gasteiger partial charge is 0.135 e. The van der Waals surface area contributed by atoms with Gasteiger partial charge in [-0.1, -0.05) is 6.07 Å². The van der Waals surface area contributed by atoms with Gasteiger partial charge in [0.15, 0.2) is 0 Å². The maximum Gasteiger partial charge on any atom is 0.135 e. The summed E-state index contributed by atoms with van der Waals surface area (Å²) in [6, 6.07) is 6.64. The zero-order chi connectivity index (χ0) is 14.8. The lowest BCUT2D eigenvalue weighted by molar-refractivity contribution is 0.197. The van der Waals surface area contributed by atoms with E-state index in [1.54, 1.807) is 11.3 Å². The number of rotatable bonds is 3. The summed E-state index contributed by atoms with van der Waals surface area (Å²) in [6.45, 7) is 3.55. The maximum absolute atomic E-state index is 13.8. The highest BCUT2D eigenvalue weighted by Crippen LogP contribution is 2.40. The molecule has 1 fully saturated rings. The molecule has 1 aromatic carbocycles. The second-order valence-electron chi connectivity index (χ2n) is 5.03. The lowest BCUT2D eigenvalue weighted by atomic mass is 10.0. The number of phenols is 1. The Balaban J connectivity index is 0.00000132. The van der Waals surface area contributed by atoms with Gasteiger partial charge in [0.2, 0.25) is 0 Å². The van der Waals surface area contributed by atoms with Crippen LogP contribution >= 0.6 is 52.1 Å². The van der Waals surface area contributed by atoms with Crippen molar-refractivity contribution in [1.82, 2.24) is 10.2 Å². The second kappa shape index (κ2) is 9.20. The van der Waals surface area contributed by atoms with Gasteiger partial charge in [0, 0.05) is 36.6 Å². The molecule has 0 unspecified atom stereocenters. The summed E-state index contributed by atoms with van der Waals surface area (Å²) in [6.07, 6.45) is 0. The number of hydrogen-bond donors (Lipinski definition) is 2. The van der Waals surface area contributed by atoms with E-state index in [9.17, 15) is 9.50 Å². The zero-order valence-corrected chi connectivity index (χ0v) is 16.2. The van der Waals surface area contributed by atoms with Crippen molar-refractivity contribution in [2.45, 2.75) is 6.04 Å². The van der Waals surface area contributed by atoms with Crippen LogP contribution in [-0.2, 0) is 0 Å². The molecular weight excluding hydrogens is 426 g/mol. The molecule has 0 bridgehead atoms. The van der Waals surface area contributed by atoms with Gasteiger partial charge in [-0.2, -0.15) is 0 Å². The molecule has 0 amide bonds. The van der Waals surface area contributed by atoms with Crippen LogP contribution in [-0.4, -0.2) is 36.2 Å². The van der Waals surface area contributed by atoms with E-state index in [-0.39, 0.29) is 42.4 Å². The molecule has 2 N–H and O–H groups in total. The minimum Gasteiger partial charge on any atom is -0.506 e. The SMILES string of the molecule is Cl.Cl.Oc1c(Br)cc(F)cc1[C@@H](c1cccs1)N1CCNCC1. The third-order valence-electron chi connectivity index (χ3n) is 3.68. The third kappa shape index (κ3) is 4.59. The minimum atomic E-state index is -0.341. The fourth-order valence-electron chi connectivity index (χ4n) is 2.71. The Labute approximate surface area is 159 Å². The van der Waals surface area contributed by atoms with E-state index in [0.29, 0.717) is 10.0 Å². The molecule has 0 radical (unpaired) electrons. The van der Waals surface area contributed by atoms with Gasteiger partial charge in [0.25, 0.3) is 0 Å². The molecule has 0 spiro atoms. The van der Waals surface area contributed by atoms with Crippen molar-refractivity contribution >= 4 is 52.1 Å². The number of halogens is 4. The normalized spacial score (nSPS) is 16.3. The van der Waals surface area contributed by atoms with E-state index < -0.39 is 0 Å². The van der Waals surface area contributed by atoms with Crippen LogP contribution in [0.15, 0.2) is 34.1 Å². The van der Waals surface area contributed by atoms with Crippen LogP contribution in [0.25, 0.3) is 0 Å². The van der Waals surface area contributed by atoms with Crippen molar-refractivity contribution in [3.05, 3.63) is 50.4 Å². The molecule has 0 saturated carbocycles. The monoisotopic (exact) mass is 442 g/mol. The number of thiophene rings is 1. The number of benzene rings is 1. The molecule has 0 aliphatic carbocycles. The van der Waals surface area contributed by atoms with E-state index in [1.165, 1.54) is 12.1 Å². The Morgan fingerprint density at radius 2 is 1.96 bits per heavy atom. The molecular formula is C15H18BrCl2FN2OS. The molecule has 3 rings (SSSR count). The first kappa shape index (κ1) is 20.7. The van der Waals surface area contributed by atoms with Crippen LogP contribution in [0.2, 0.25) is 0 Å². The molecule has 2 heterocycles. The maximum atomic E-state index is 13.8. The van der Waals surface area contributed by atoms with Crippen LogP contribution in [0.1, 0.15) is 16.5 Å². The first-order chi connectivity index (χ1) is 10.2.